The fourth-order valence-electron chi connectivity index (χ4n) is 4.94. The quantitative estimate of drug-likeness (QED) is 0.477. The number of aryl methyl sites for hydroxylation is 1. The highest BCUT2D eigenvalue weighted by molar-refractivity contribution is 8.04. The molecule has 0 saturated carbocycles. The molecule has 0 radical (unpaired) electrons. The van der Waals surface area contributed by atoms with Gasteiger partial charge in [-0.05, 0) is 42.7 Å². The Morgan fingerprint density at radius 3 is 2.11 bits per heavy atom. The Balaban J connectivity index is 1.40. The summed E-state index contributed by atoms with van der Waals surface area (Å²) in [5, 5.41) is 0. The maximum atomic E-state index is 13.8. The average molecular weight is 513 g/mol. The number of hydrogen-bond acceptors (Lipinski definition) is 4. The molecule has 5 rings (SSSR count). The molecule has 2 amide bonds. The first-order chi connectivity index (χ1) is 17.9. The van der Waals surface area contributed by atoms with Crippen LogP contribution in [-0.4, -0.2) is 42.9 Å². The zero-order chi connectivity index (χ0) is 25.9. The first kappa shape index (κ1) is 25.3. The van der Waals surface area contributed by atoms with Crippen molar-refractivity contribution in [2.75, 3.05) is 31.1 Å². The predicted octanol–water partition coefficient (Wildman–Crippen LogP) is 4.40. The highest BCUT2D eigenvalue weighted by Gasteiger charge is 2.43. The monoisotopic (exact) mass is 512 g/mol. The first-order valence-corrected chi connectivity index (χ1v) is 13.8. The van der Waals surface area contributed by atoms with E-state index in [1.807, 2.05) is 61.5 Å². The molecule has 2 heterocycles. The van der Waals surface area contributed by atoms with Crippen LogP contribution in [0.25, 0.3) is 0 Å². The van der Waals surface area contributed by atoms with E-state index in [0.29, 0.717) is 22.2 Å². The normalized spacial score (nSPS) is 16.9. The van der Waals surface area contributed by atoms with Gasteiger partial charge in [0.1, 0.15) is 17.1 Å². The summed E-state index contributed by atoms with van der Waals surface area (Å²) in [6.07, 6.45) is 0. The zero-order valence-electron chi connectivity index (χ0n) is 21.7. The predicted molar refractivity (Wildman–Crippen MR) is 150 cm³/mol. The van der Waals surface area contributed by atoms with E-state index in [1.165, 1.54) is 32.7 Å². The van der Waals surface area contributed by atoms with Crippen LogP contribution in [0.15, 0.2) is 94.4 Å². The van der Waals surface area contributed by atoms with Gasteiger partial charge < -0.3 is 9.80 Å². The summed E-state index contributed by atoms with van der Waals surface area (Å²) in [5.41, 5.74) is 4.84. The van der Waals surface area contributed by atoms with Gasteiger partial charge in [-0.15, -0.1) is 0 Å². The number of piperazine rings is 1. The number of rotatable bonds is 7. The maximum Gasteiger partial charge on any atom is 0.283 e. The smallest absolute Gasteiger partial charge is 0.283 e. The lowest BCUT2D eigenvalue weighted by molar-refractivity contribution is -0.917. The second kappa shape index (κ2) is 11.0. The van der Waals surface area contributed by atoms with Crippen molar-refractivity contribution in [2.24, 2.45) is 0 Å². The first-order valence-electron chi connectivity index (χ1n) is 13.0. The van der Waals surface area contributed by atoms with Crippen LogP contribution in [0.4, 0.5) is 5.69 Å². The second-order valence-corrected chi connectivity index (χ2v) is 11.3. The molecule has 0 aliphatic carbocycles. The van der Waals surface area contributed by atoms with Crippen LogP contribution < -0.4 is 9.80 Å². The van der Waals surface area contributed by atoms with Crippen LogP contribution in [-0.2, 0) is 16.1 Å². The van der Waals surface area contributed by atoms with Crippen LogP contribution in [0, 0.1) is 6.92 Å². The summed E-state index contributed by atoms with van der Waals surface area (Å²) < 4.78 is 0. The summed E-state index contributed by atoms with van der Waals surface area (Å²) in [7, 11) is 0. The minimum atomic E-state index is -0.234. The van der Waals surface area contributed by atoms with Gasteiger partial charge in [0.05, 0.1) is 31.9 Å². The molecule has 0 bridgehead atoms. The van der Waals surface area contributed by atoms with Crippen LogP contribution in [0.2, 0.25) is 0 Å². The SMILES string of the molecule is Cc1ccc(SC2=C(N3CC[NH+](Cc4ccccc4)CC3)C(=O)N(c3ccc(C(C)C)cc3)C2=O)cc1. The van der Waals surface area contributed by atoms with Crippen molar-refractivity contribution >= 4 is 29.3 Å². The van der Waals surface area contributed by atoms with Gasteiger partial charge in [-0.25, -0.2) is 4.90 Å². The van der Waals surface area contributed by atoms with Gasteiger partial charge in [0.2, 0.25) is 0 Å². The minimum Gasteiger partial charge on any atom is -0.355 e. The van der Waals surface area contributed by atoms with Gasteiger partial charge in [0, 0.05) is 10.5 Å². The van der Waals surface area contributed by atoms with Gasteiger partial charge in [0.25, 0.3) is 11.8 Å². The van der Waals surface area contributed by atoms with Crippen LogP contribution >= 0.6 is 11.8 Å². The van der Waals surface area contributed by atoms with E-state index >= 15 is 0 Å². The van der Waals surface area contributed by atoms with Gasteiger partial charge in [-0.3, -0.25) is 9.59 Å². The molecule has 190 valence electrons. The van der Waals surface area contributed by atoms with Crippen molar-refractivity contribution in [2.45, 2.75) is 38.1 Å². The van der Waals surface area contributed by atoms with Gasteiger partial charge in [0.15, 0.2) is 0 Å². The van der Waals surface area contributed by atoms with Crippen molar-refractivity contribution in [3.05, 3.63) is 106 Å². The summed E-state index contributed by atoms with van der Waals surface area (Å²) in [6.45, 7) is 10.6. The Kier molecular flexibility index (Phi) is 7.49. The number of carbonyl (C=O) groups is 2. The molecular formula is C31H34N3O2S+. The summed E-state index contributed by atoms with van der Waals surface area (Å²) in [6, 6.07) is 26.5. The van der Waals surface area contributed by atoms with E-state index in [2.05, 4.69) is 43.0 Å². The van der Waals surface area contributed by atoms with Crippen molar-refractivity contribution in [1.82, 2.24) is 4.90 Å². The number of nitrogens with zero attached hydrogens (tertiary/aromatic N) is 2. The third kappa shape index (κ3) is 5.50. The molecule has 3 aromatic rings. The van der Waals surface area contributed by atoms with E-state index in [4.69, 9.17) is 0 Å². The number of imide groups is 1. The van der Waals surface area contributed by atoms with Crippen molar-refractivity contribution < 1.29 is 14.5 Å². The lowest BCUT2D eigenvalue weighted by Crippen LogP contribution is -3.13. The fourth-order valence-corrected chi connectivity index (χ4v) is 5.94. The van der Waals surface area contributed by atoms with Crippen LogP contribution in [0.1, 0.15) is 36.5 Å². The molecule has 6 heteroatoms. The largest absolute Gasteiger partial charge is 0.355 e. The molecule has 1 saturated heterocycles. The molecule has 37 heavy (non-hydrogen) atoms. The number of anilines is 1. The lowest BCUT2D eigenvalue weighted by atomic mass is 10.0. The number of quaternary nitrogens is 1. The standard InChI is InChI=1S/C31H33N3O2S/c1-22(2)25-11-13-26(14-12-25)34-30(35)28(29(31(34)36)37-27-15-9-23(3)10-16-27)33-19-17-32(18-20-33)21-24-7-5-4-6-8-24/h4-16,22H,17-21H2,1-3H3/p+1. The van der Waals surface area contributed by atoms with Crippen molar-refractivity contribution in [1.29, 1.82) is 0 Å². The summed E-state index contributed by atoms with van der Waals surface area (Å²) in [4.78, 5) is 34.1. The highest BCUT2D eigenvalue weighted by atomic mass is 32.2. The Hall–Kier alpha value is -3.35. The molecular weight excluding hydrogens is 478 g/mol. The molecule has 1 N–H and O–H groups in total. The number of nitrogens with one attached hydrogen (secondary N) is 1. The molecule has 5 nitrogen and oxygen atoms in total. The lowest BCUT2D eigenvalue weighted by Gasteiger charge is -2.34. The number of amides is 2. The Morgan fingerprint density at radius 1 is 0.838 bits per heavy atom. The molecule has 3 aromatic carbocycles. The topological polar surface area (TPSA) is 45.1 Å². The van der Waals surface area contributed by atoms with Crippen LogP contribution in [0.3, 0.4) is 0 Å². The third-order valence-corrected chi connectivity index (χ3v) is 8.24. The molecule has 0 unspecified atom stereocenters. The fraction of sp³-hybridized carbons (Fsp3) is 0.290. The minimum absolute atomic E-state index is 0.219. The molecule has 0 aromatic heterocycles. The number of hydrogen-bond donors (Lipinski definition) is 1. The molecule has 0 atom stereocenters. The van der Waals surface area contributed by atoms with E-state index in [1.54, 1.807) is 0 Å². The highest BCUT2D eigenvalue weighted by Crippen LogP contribution is 2.39. The van der Waals surface area contributed by atoms with Crippen molar-refractivity contribution in [3.63, 3.8) is 0 Å². The summed E-state index contributed by atoms with van der Waals surface area (Å²) in [5.74, 6) is -0.0691. The summed E-state index contributed by atoms with van der Waals surface area (Å²) >= 11 is 1.40. The third-order valence-electron chi connectivity index (χ3n) is 7.16. The molecule has 2 aliphatic rings. The maximum absolute atomic E-state index is 13.8. The number of carbonyl (C=O) groups excluding carboxylic acids is 2. The van der Waals surface area contributed by atoms with E-state index in [9.17, 15) is 9.59 Å². The Bertz CT molecular complexity index is 1290. The second-order valence-electron chi connectivity index (χ2n) is 10.2. The molecule has 1 fully saturated rings. The van der Waals surface area contributed by atoms with Gasteiger partial charge >= 0.3 is 0 Å². The Morgan fingerprint density at radius 2 is 1.49 bits per heavy atom. The van der Waals surface area contributed by atoms with Gasteiger partial charge in [-0.2, -0.15) is 0 Å². The number of benzene rings is 3. The molecule has 0 spiro atoms. The Labute approximate surface area is 223 Å². The van der Waals surface area contributed by atoms with E-state index < -0.39 is 0 Å². The molecule has 2 aliphatic heterocycles. The van der Waals surface area contributed by atoms with Crippen LogP contribution in [0.5, 0.6) is 0 Å². The average Bonchev–Trinajstić information content (AvgIpc) is 3.15. The van der Waals surface area contributed by atoms with E-state index in [-0.39, 0.29) is 11.8 Å². The number of thioether (sulfide) groups is 1. The van der Waals surface area contributed by atoms with Gasteiger partial charge in [-0.1, -0.05) is 85.8 Å². The van der Waals surface area contributed by atoms with E-state index in [0.717, 1.165) is 43.2 Å². The van der Waals surface area contributed by atoms with Crippen molar-refractivity contribution in [3.8, 4) is 0 Å². The zero-order valence-corrected chi connectivity index (χ0v) is 22.6.